The van der Waals surface area contributed by atoms with E-state index in [4.69, 9.17) is 5.73 Å². The predicted octanol–water partition coefficient (Wildman–Crippen LogP) is 1.51. The van der Waals surface area contributed by atoms with Crippen LogP contribution in [-0.2, 0) is 0 Å². The van der Waals surface area contributed by atoms with Gasteiger partial charge in [-0.15, -0.1) is 17.0 Å². The highest BCUT2D eigenvalue weighted by molar-refractivity contribution is 8.93. The molecule has 0 aliphatic rings. The zero-order chi connectivity index (χ0) is 6.85. The summed E-state index contributed by atoms with van der Waals surface area (Å²) in [5.74, 6) is 0.0178. The van der Waals surface area contributed by atoms with E-state index in [-0.39, 0.29) is 22.8 Å². The smallest absolute Gasteiger partial charge is 0.180 e. The normalized spacial score (nSPS) is 8.50. The molecule has 0 aliphatic carbocycles. The highest BCUT2D eigenvalue weighted by Gasteiger charge is 2.01. The summed E-state index contributed by atoms with van der Waals surface area (Å²) in [5, 5.41) is 0.445. The molecule has 0 radical (unpaired) electrons. The third-order valence-electron chi connectivity index (χ3n) is 0.871. The fourth-order valence-electron chi connectivity index (χ4n) is 0.450. The van der Waals surface area contributed by atoms with E-state index in [2.05, 4.69) is 4.98 Å². The fraction of sp³-hybridized carbons (Fsp3) is 0.200. The average Bonchev–Trinajstić information content (AvgIpc) is 2.14. The number of carbonyl (C=O) groups excluding carboxylic acids is 1. The highest BCUT2D eigenvalue weighted by Crippen LogP contribution is 2.13. The molecule has 1 heterocycles. The van der Waals surface area contributed by atoms with Crippen LogP contribution in [0.3, 0.4) is 0 Å². The Hall–Kier alpha value is -0.420. The van der Waals surface area contributed by atoms with Gasteiger partial charge in [-0.2, -0.15) is 0 Å². The molecule has 10 heavy (non-hydrogen) atoms. The van der Waals surface area contributed by atoms with Gasteiger partial charge in [-0.05, 0) is 0 Å². The lowest BCUT2D eigenvalue weighted by Crippen LogP contribution is -1.83. The minimum Gasteiger partial charge on any atom is -0.375 e. The second-order valence-electron chi connectivity index (χ2n) is 1.62. The van der Waals surface area contributed by atoms with Crippen LogP contribution in [0, 0.1) is 0 Å². The average molecular weight is 223 g/mol. The summed E-state index contributed by atoms with van der Waals surface area (Å²) in [6, 6.07) is 0. The first-order valence-corrected chi connectivity index (χ1v) is 3.24. The van der Waals surface area contributed by atoms with Gasteiger partial charge in [-0.25, -0.2) is 4.98 Å². The Kier molecular flexibility index (Phi) is 3.52. The number of anilines is 1. The lowest BCUT2D eigenvalue weighted by Gasteiger charge is -1.79. The van der Waals surface area contributed by atoms with Crippen molar-refractivity contribution in [3.8, 4) is 0 Å². The molecule has 0 spiro atoms. The number of nitrogens with two attached hydrogens (primary N) is 1. The Balaban J connectivity index is 0.000000810. The number of rotatable bonds is 1. The number of thiazole rings is 1. The zero-order valence-electron chi connectivity index (χ0n) is 5.33. The third-order valence-corrected chi connectivity index (χ3v) is 1.80. The Morgan fingerprint density at radius 2 is 2.40 bits per heavy atom. The van der Waals surface area contributed by atoms with Crippen LogP contribution in [0.4, 0.5) is 5.13 Å². The first-order chi connectivity index (χ1) is 4.20. The molecule has 1 aromatic heterocycles. The van der Waals surface area contributed by atoms with Gasteiger partial charge in [0.25, 0.3) is 0 Å². The minimum atomic E-state index is 0. The van der Waals surface area contributed by atoms with Gasteiger partial charge >= 0.3 is 0 Å². The molecule has 1 rings (SSSR count). The predicted molar refractivity (Wildman–Crippen MR) is 46.9 cm³/mol. The van der Waals surface area contributed by atoms with Gasteiger partial charge in [0.1, 0.15) is 0 Å². The molecular formula is C5H7BrN2OS. The molecule has 1 aromatic rings. The third kappa shape index (κ3) is 2.07. The fourth-order valence-corrected chi connectivity index (χ4v) is 1.03. The maximum atomic E-state index is 10.6. The van der Waals surface area contributed by atoms with Crippen LogP contribution in [0.5, 0.6) is 0 Å². The van der Waals surface area contributed by atoms with Crippen LogP contribution in [0.1, 0.15) is 16.6 Å². The van der Waals surface area contributed by atoms with Crippen molar-refractivity contribution >= 4 is 39.2 Å². The first-order valence-electron chi connectivity index (χ1n) is 2.42. The Morgan fingerprint density at radius 1 is 1.80 bits per heavy atom. The minimum absolute atomic E-state index is 0. The molecule has 0 aliphatic heterocycles. The van der Waals surface area contributed by atoms with Gasteiger partial charge in [0.2, 0.25) is 0 Å². The molecule has 5 heteroatoms. The van der Waals surface area contributed by atoms with Crippen molar-refractivity contribution in [3.63, 3.8) is 0 Å². The van der Waals surface area contributed by atoms with E-state index in [9.17, 15) is 4.79 Å². The number of Topliss-reactive ketones (excluding diaryl/α,β-unsaturated/α-hetero) is 1. The molecular weight excluding hydrogens is 216 g/mol. The van der Waals surface area contributed by atoms with Crippen molar-refractivity contribution in [2.75, 3.05) is 5.73 Å². The van der Waals surface area contributed by atoms with Crippen LogP contribution in [-0.4, -0.2) is 10.8 Å². The molecule has 0 atom stereocenters. The van der Waals surface area contributed by atoms with Crippen LogP contribution in [0.2, 0.25) is 0 Å². The van der Waals surface area contributed by atoms with Gasteiger partial charge in [0, 0.05) is 6.92 Å². The molecule has 3 nitrogen and oxygen atoms in total. The number of aromatic nitrogens is 1. The number of carbonyl (C=O) groups is 1. The van der Waals surface area contributed by atoms with E-state index in [1.165, 1.54) is 24.5 Å². The van der Waals surface area contributed by atoms with E-state index in [1.807, 2.05) is 0 Å². The molecule has 0 aromatic carbocycles. The number of ketones is 1. The Bertz CT molecular complexity index is 235. The van der Waals surface area contributed by atoms with Crippen LogP contribution < -0.4 is 5.73 Å². The van der Waals surface area contributed by atoms with Gasteiger partial charge < -0.3 is 5.73 Å². The van der Waals surface area contributed by atoms with E-state index in [0.29, 0.717) is 10.0 Å². The molecule has 0 saturated heterocycles. The van der Waals surface area contributed by atoms with E-state index in [1.54, 1.807) is 0 Å². The van der Waals surface area contributed by atoms with Gasteiger partial charge in [-0.3, -0.25) is 4.79 Å². The molecule has 0 saturated carbocycles. The molecule has 0 unspecified atom stereocenters. The van der Waals surface area contributed by atoms with Crippen molar-refractivity contribution in [1.82, 2.24) is 4.98 Å². The van der Waals surface area contributed by atoms with Crippen molar-refractivity contribution in [2.24, 2.45) is 0 Å². The second-order valence-corrected chi connectivity index (χ2v) is 2.68. The standard InChI is InChI=1S/C5H6N2OS.BrH/c1-3(8)4-2-7-5(6)9-4;/h2H,1H3,(H2,6,7);1H. The molecule has 2 N–H and O–H groups in total. The Labute approximate surface area is 73.0 Å². The molecule has 0 amide bonds. The van der Waals surface area contributed by atoms with Crippen molar-refractivity contribution in [1.29, 1.82) is 0 Å². The van der Waals surface area contributed by atoms with Gasteiger partial charge in [0.05, 0.1) is 11.1 Å². The van der Waals surface area contributed by atoms with E-state index in [0.717, 1.165) is 0 Å². The van der Waals surface area contributed by atoms with Crippen LogP contribution >= 0.6 is 28.3 Å². The van der Waals surface area contributed by atoms with Crippen LogP contribution in [0.15, 0.2) is 6.20 Å². The van der Waals surface area contributed by atoms with Crippen molar-refractivity contribution < 1.29 is 4.79 Å². The van der Waals surface area contributed by atoms with Gasteiger partial charge in [0.15, 0.2) is 10.9 Å². The van der Waals surface area contributed by atoms with Crippen molar-refractivity contribution in [3.05, 3.63) is 11.1 Å². The van der Waals surface area contributed by atoms with E-state index < -0.39 is 0 Å². The summed E-state index contributed by atoms with van der Waals surface area (Å²) in [4.78, 5) is 14.9. The van der Waals surface area contributed by atoms with Crippen molar-refractivity contribution in [2.45, 2.75) is 6.92 Å². The summed E-state index contributed by atoms with van der Waals surface area (Å²) in [6.45, 7) is 1.49. The summed E-state index contributed by atoms with van der Waals surface area (Å²) in [6.07, 6.45) is 1.49. The number of hydrogen-bond acceptors (Lipinski definition) is 4. The van der Waals surface area contributed by atoms with Crippen LogP contribution in [0.25, 0.3) is 0 Å². The number of halogens is 1. The lowest BCUT2D eigenvalue weighted by atomic mass is 10.4. The quantitative estimate of drug-likeness (QED) is 0.734. The number of hydrogen-bond donors (Lipinski definition) is 1. The molecule has 0 bridgehead atoms. The summed E-state index contributed by atoms with van der Waals surface area (Å²) in [7, 11) is 0. The Morgan fingerprint density at radius 3 is 2.60 bits per heavy atom. The topological polar surface area (TPSA) is 56.0 Å². The number of nitrogens with zero attached hydrogens (tertiary/aromatic N) is 1. The molecule has 56 valence electrons. The van der Waals surface area contributed by atoms with E-state index >= 15 is 0 Å². The van der Waals surface area contributed by atoms with Gasteiger partial charge in [-0.1, -0.05) is 11.3 Å². The lowest BCUT2D eigenvalue weighted by molar-refractivity contribution is 0.102. The monoisotopic (exact) mass is 222 g/mol. The zero-order valence-corrected chi connectivity index (χ0v) is 7.86. The maximum Gasteiger partial charge on any atom is 0.180 e. The largest absolute Gasteiger partial charge is 0.375 e. The molecule has 0 fully saturated rings. The second kappa shape index (κ2) is 3.68. The number of nitrogen functional groups attached to an aromatic ring is 1. The highest BCUT2D eigenvalue weighted by atomic mass is 79.9. The first kappa shape index (κ1) is 9.58. The summed E-state index contributed by atoms with van der Waals surface area (Å²) >= 11 is 1.21. The maximum absolute atomic E-state index is 10.6. The SMILES string of the molecule is Br.CC(=O)c1cnc(N)s1. The summed E-state index contributed by atoms with van der Waals surface area (Å²) in [5.41, 5.74) is 5.27. The summed E-state index contributed by atoms with van der Waals surface area (Å²) < 4.78 is 0.